The van der Waals surface area contributed by atoms with E-state index >= 15 is 0 Å². The van der Waals surface area contributed by atoms with Crippen LogP contribution < -0.4 is 0 Å². The van der Waals surface area contributed by atoms with Gasteiger partial charge < -0.3 is 4.57 Å². The zero-order valence-electron chi connectivity index (χ0n) is 12.2. The molecule has 4 heteroatoms. The summed E-state index contributed by atoms with van der Waals surface area (Å²) in [6, 6.07) is 13.7. The van der Waals surface area contributed by atoms with Crippen LogP contribution in [-0.2, 0) is 7.05 Å². The molecule has 0 atom stereocenters. The third-order valence-electron chi connectivity index (χ3n) is 3.49. The van der Waals surface area contributed by atoms with Crippen LogP contribution >= 0.6 is 0 Å². The summed E-state index contributed by atoms with van der Waals surface area (Å²) >= 11 is 0. The molecule has 0 aliphatic heterocycles. The number of hydrogen-bond donors (Lipinski definition) is 0. The van der Waals surface area contributed by atoms with Crippen LogP contribution in [0.5, 0.6) is 0 Å². The van der Waals surface area contributed by atoms with E-state index in [-0.39, 0.29) is 0 Å². The lowest BCUT2D eigenvalue weighted by molar-refractivity contribution is 0.921. The number of aromatic nitrogens is 3. The summed E-state index contributed by atoms with van der Waals surface area (Å²) in [4.78, 5) is 8.80. The van der Waals surface area contributed by atoms with E-state index in [1.165, 1.54) is 0 Å². The molecule has 3 aromatic rings. The molecular weight excluding hydrogens is 272 g/mol. The normalized spacial score (nSPS) is 10.2. The molecule has 2 aromatic heterocycles. The molecule has 0 unspecified atom stereocenters. The maximum Gasteiger partial charge on any atom is 0.115 e. The second-order valence-corrected chi connectivity index (χ2v) is 4.92. The molecule has 0 fully saturated rings. The average molecular weight is 286 g/mol. The van der Waals surface area contributed by atoms with Gasteiger partial charge in [0.05, 0.1) is 29.3 Å². The maximum absolute atomic E-state index is 9.05. The molecule has 0 amide bonds. The fraction of sp³-hybridized carbons (Fsp3) is 0.0556. The topological polar surface area (TPSA) is 54.5 Å². The van der Waals surface area contributed by atoms with Gasteiger partial charge in [-0.3, -0.25) is 4.98 Å². The van der Waals surface area contributed by atoms with Crippen molar-refractivity contribution in [1.82, 2.24) is 14.5 Å². The summed E-state index contributed by atoms with van der Waals surface area (Å²) in [7, 11) is 1.95. The molecule has 0 radical (unpaired) electrons. The summed E-state index contributed by atoms with van der Waals surface area (Å²) in [6.45, 7) is 3.77. The van der Waals surface area contributed by atoms with Crippen LogP contribution in [0.4, 0.5) is 0 Å². The number of nitriles is 1. The van der Waals surface area contributed by atoms with Crippen molar-refractivity contribution in [2.24, 2.45) is 7.05 Å². The Morgan fingerprint density at radius 1 is 1.18 bits per heavy atom. The Labute approximate surface area is 129 Å². The molecule has 2 heterocycles. The average Bonchev–Trinajstić information content (AvgIpc) is 2.96. The largest absolute Gasteiger partial charge is 0.333 e. The van der Waals surface area contributed by atoms with Crippen LogP contribution in [0.1, 0.15) is 11.1 Å². The van der Waals surface area contributed by atoms with Crippen molar-refractivity contribution >= 4 is 6.08 Å². The Bertz CT molecular complexity index is 867. The smallest absolute Gasteiger partial charge is 0.115 e. The highest BCUT2D eigenvalue weighted by Gasteiger charge is 2.14. The van der Waals surface area contributed by atoms with Gasteiger partial charge in [0.25, 0.3) is 0 Å². The summed E-state index contributed by atoms with van der Waals surface area (Å²) in [6.07, 6.45) is 5.20. The lowest BCUT2D eigenvalue weighted by Gasteiger charge is -2.07. The first-order chi connectivity index (χ1) is 10.7. The van der Waals surface area contributed by atoms with Crippen LogP contribution in [0.15, 0.2) is 55.5 Å². The van der Waals surface area contributed by atoms with E-state index in [0.29, 0.717) is 11.3 Å². The minimum atomic E-state index is 0.573. The molecule has 3 rings (SSSR count). The number of nitrogens with zero attached hydrogens (tertiary/aromatic N) is 4. The summed E-state index contributed by atoms with van der Waals surface area (Å²) in [5.74, 6) is 0. The molecule has 0 spiro atoms. The highest BCUT2D eigenvalue weighted by atomic mass is 15.0. The molecule has 4 nitrogen and oxygen atoms in total. The van der Waals surface area contributed by atoms with Gasteiger partial charge in [-0.2, -0.15) is 5.26 Å². The lowest BCUT2D eigenvalue weighted by Crippen LogP contribution is -1.93. The van der Waals surface area contributed by atoms with Crippen molar-refractivity contribution in [3.05, 3.63) is 66.6 Å². The highest BCUT2D eigenvalue weighted by Crippen LogP contribution is 2.30. The van der Waals surface area contributed by atoms with Crippen molar-refractivity contribution in [3.8, 4) is 28.7 Å². The predicted octanol–water partition coefficient (Wildman–Crippen LogP) is 3.66. The quantitative estimate of drug-likeness (QED) is 0.738. The van der Waals surface area contributed by atoms with Crippen molar-refractivity contribution in [1.29, 1.82) is 5.26 Å². The van der Waals surface area contributed by atoms with Gasteiger partial charge in [0.1, 0.15) is 5.69 Å². The minimum Gasteiger partial charge on any atom is -0.333 e. The number of rotatable bonds is 3. The number of hydrogen-bond acceptors (Lipinski definition) is 3. The molecule has 0 saturated heterocycles. The monoisotopic (exact) mass is 286 g/mol. The third kappa shape index (κ3) is 2.40. The molecule has 0 aliphatic carbocycles. The molecule has 106 valence electrons. The SMILES string of the molecule is C=Cc1ccc(-c2c(-c3cc(C#N)ccn3)ncn2C)cc1. The molecule has 1 aromatic carbocycles. The summed E-state index contributed by atoms with van der Waals surface area (Å²) in [5, 5.41) is 9.05. The van der Waals surface area contributed by atoms with Crippen LogP contribution in [0.25, 0.3) is 28.7 Å². The van der Waals surface area contributed by atoms with Gasteiger partial charge in [0.2, 0.25) is 0 Å². The van der Waals surface area contributed by atoms with Gasteiger partial charge in [-0.25, -0.2) is 4.98 Å². The van der Waals surface area contributed by atoms with Gasteiger partial charge in [0.15, 0.2) is 0 Å². The predicted molar refractivity (Wildman–Crippen MR) is 86.7 cm³/mol. The van der Waals surface area contributed by atoms with Crippen molar-refractivity contribution in [3.63, 3.8) is 0 Å². The zero-order valence-corrected chi connectivity index (χ0v) is 12.2. The first-order valence-corrected chi connectivity index (χ1v) is 6.83. The highest BCUT2D eigenvalue weighted by molar-refractivity contribution is 5.77. The van der Waals surface area contributed by atoms with Crippen molar-refractivity contribution in [2.75, 3.05) is 0 Å². The third-order valence-corrected chi connectivity index (χ3v) is 3.49. The van der Waals surface area contributed by atoms with E-state index in [9.17, 15) is 0 Å². The second kappa shape index (κ2) is 5.66. The molecular formula is C18H14N4. The fourth-order valence-corrected chi connectivity index (χ4v) is 2.36. The number of benzene rings is 1. The fourth-order valence-electron chi connectivity index (χ4n) is 2.36. The van der Waals surface area contributed by atoms with E-state index < -0.39 is 0 Å². The van der Waals surface area contributed by atoms with Crippen molar-refractivity contribution in [2.45, 2.75) is 0 Å². The molecule has 0 saturated carbocycles. The zero-order chi connectivity index (χ0) is 15.5. The lowest BCUT2D eigenvalue weighted by atomic mass is 10.1. The van der Waals surface area contributed by atoms with Crippen LogP contribution in [0.2, 0.25) is 0 Å². The van der Waals surface area contributed by atoms with Crippen LogP contribution in [0.3, 0.4) is 0 Å². The van der Waals surface area contributed by atoms with Gasteiger partial charge in [-0.05, 0) is 17.7 Å². The van der Waals surface area contributed by atoms with Gasteiger partial charge in [0, 0.05) is 18.8 Å². The van der Waals surface area contributed by atoms with E-state index in [1.807, 2.05) is 42.0 Å². The van der Waals surface area contributed by atoms with Gasteiger partial charge in [-0.15, -0.1) is 0 Å². The Morgan fingerprint density at radius 2 is 1.95 bits per heavy atom. The van der Waals surface area contributed by atoms with Crippen LogP contribution in [0, 0.1) is 11.3 Å². The van der Waals surface area contributed by atoms with Gasteiger partial charge in [-0.1, -0.05) is 36.9 Å². The Kier molecular flexibility index (Phi) is 3.55. The second-order valence-electron chi connectivity index (χ2n) is 4.92. The van der Waals surface area contributed by atoms with E-state index in [2.05, 4.69) is 22.6 Å². The number of imidazole rings is 1. The standard InChI is InChI=1S/C18H14N4/c1-3-13-4-6-15(7-5-13)18-17(21-12-22(18)2)16-10-14(11-19)8-9-20-16/h3-10,12H,1H2,2H3. The van der Waals surface area contributed by atoms with E-state index in [1.54, 1.807) is 24.7 Å². The minimum absolute atomic E-state index is 0.573. The van der Waals surface area contributed by atoms with Gasteiger partial charge >= 0.3 is 0 Å². The number of pyridine rings is 1. The molecule has 0 N–H and O–H groups in total. The molecule has 22 heavy (non-hydrogen) atoms. The van der Waals surface area contributed by atoms with Crippen LogP contribution in [-0.4, -0.2) is 14.5 Å². The Hall–Kier alpha value is -3.19. The van der Waals surface area contributed by atoms with Crippen molar-refractivity contribution < 1.29 is 0 Å². The summed E-state index contributed by atoms with van der Waals surface area (Å²) < 4.78 is 1.96. The van der Waals surface area contributed by atoms with E-state index in [4.69, 9.17) is 5.26 Å². The Balaban J connectivity index is 2.14. The molecule has 0 aliphatic rings. The maximum atomic E-state index is 9.05. The van der Waals surface area contributed by atoms with E-state index in [0.717, 1.165) is 22.5 Å². The number of aryl methyl sites for hydroxylation is 1. The first-order valence-electron chi connectivity index (χ1n) is 6.83. The molecule has 0 bridgehead atoms. The first kappa shape index (κ1) is 13.8. The summed E-state index contributed by atoms with van der Waals surface area (Å²) in [5.41, 5.74) is 5.12. The Morgan fingerprint density at radius 3 is 2.64 bits per heavy atom.